The first-order chi connectivity index (χ1) is 11.9. The number of ether oxygens (including phenoxy) is 1. The third-order valence-electron chi connectivity index (χ3n) is 4.03. The molecule has 2 rings (SSSR count). The Morgan fingerprint density at radius 1 is 1.32 bits per heavy atom. The zero-order chi connectivity index (χ0) is 18.4. The van der Waals surface area contributed by atoms with Crippen LogP contribution in [0, 0.1) is 5.92 Å². The first kappa shape index (κ1) is 19.5. The van der Waals surface area contributed by atoms with Crippen molar-refractivity contribution in [1.29, 1.82) is 0 Å². The number of nitrogens with zero attached hydrogens (tertiary/aromatic N) is 1. The van der Waals surface area contributed by atoms with E-state index in [0.29, 0.717) is 37.0 Å². The monoisotopic (exact) mass is 368 g/mol. The minimum absolute atomic E-state index is 0.00362. The first-order valence-electron chi connectivity index (χ1n) is 8.34. The van der Waals surface area contributed by atoms with Gasteiger partial charge in [-0.1, -0.05) is 31.5 Å². The predicted octanol–water partition coefficient (Wildman–Crippen LogP) is 1.21. The van der Waals surface area contributed by atoms with Gasteiger partial charge >= 0.3 is 0 Å². The van der Waals surface area contributed by atoms with Crippen molar-refractivity contribution in [2.45, 2.75) is 19.9 Å². The van der Waals surface area contributed by atoms with Gasteiger partial charge in [0.05, 0.1) is 42.2 Å². The number of carbonyl (C=O) groups is 2. The summed E-state index contributed by atoms with van der Waals surface area (Å²) in [5, 5.41) is 5.93. The van der Waals surface area contributed by atoms with Crippen molar-refractivity contribution in [3.8, 4) is 0 Å². The molecule has 0 radical (unpaired) electrons. The van der Waals surface area contributed by atoms with E-state index in [0.717, 1.165) is 5.69 Å². The Bertz CT molecular complexity index is 618. The number of nitrogens with two attached hydrogens (primary N) is 1. The molecule has 0 saturated carbocycles. The second-order valence-electron chi connectivity index (χ2n) is 6.27. The Hall–Kier alpha value is -1.83. The number of carbonyl (C=O) groups excluding carboxylic acids is 2. The number of hydrogen-bond acceptors (Lipinski definition) is 5. The predicted molar refractivity (Wildman–Crippen MR) is 98.9 cm³/mol. The Labute approximate surface area is 152 Å². The molecule has 1 aliphatic heterocycles. The molecule has 138 valence electrons. The number of halogens is 1. The highest BCUT2D eigenvalue weighted by Gasteiger charge is 2.20. The molecule has 0 unspecified atom stereocenters. The fourth-order valence-electron chi connectivity index (χ4n) is 2.51. The van der Waals surface area contributed by atoms with Crippen molar-refractivity contribution in [1.82, 2.24) is 5.32 Å². The van der Waals surface area contributed by atoms with E-state index in [-0.39, 0.29) is 24.3 Å². The summed E-state index contributed by atoms with van der Waals surface area (Å²) < 4.78 is 5.36. The van der Waals surface area contributed by atoms with Crippen molar-refractivity contribution in [2.75, 3.05) is 43.1 Å². The summed E-state index contributed by atoms with van der Waals surface area (Å²) in [6.07, 6.45) is 0. The van der Waals surface area contributed by atoms with Crippen LogP contribution >= 0.6 is 11.6 Å². The van der Waals surface area contributed by atoms with E-state index in [4.69, 9.17) is 22.1 Å². The second-order valence-corrected chi connectivity index (χ2v) is 6.68. The third kappa shape index (κ3) is 5.32. The summed E-state index contributed by atoms with van der Waals surface area (Å²) in [5.41, 5.74) is 7.14. The lowest BCUT2D eigenvalue weighted by atomic mass is 10.1. The lowest BCUT2D eigenvalue weighted by molar-refractivity contribution is -0.125. The number of hydrogen-bond donors (Lipinski definition) is 3. The molecule has 1 fully saturated rings. The highest BCUT2D eigenvalue weighted by molar-refractivity contribution is 6.34. The van der Waals surface area contributed by atoms with Gasteiger partial charge < -0.3 is 26.0 Å². The quantitative estimate of drug-likeness (QED) is 0.701. The number of morpholine rings is 1. The van der Waals surface area contributed by atoms with Crippen LogP contribution in [0.4, 0.5) is 11.4 Å². The summed E-state index contributed by atoms with van der Waals surface area (Å²) in [4.78, 5) is 26.1. The van der Waals surface area contributed by atoms with Gasteiger partial charge in [-0.05, 0) is 18.1 Å². The zero-order valence-corrected chi connectivity index (χ0v) is 15.3. The normalized spacial score (nSPS) is 15.8. The summed E-state index contributed by atoms with van der Waals surface area (Å²) in [6.45, 7) is 6.19. The van der Waals surface area contributed by atoms with Gasteiger partial charge in [0.2, 0.25) is 11.8 Å². The van der Waals surface area contributed by atoms with E-state index in [1.807, 2.05) is 13.8 Å². The van der Waals surface area contributed by atoms with E-state index in [2.05, 4.69) is 15.5 Å². The molecule has 25 heavy (non-hydrogen) atoms. The number of anilines is 2. The minimum atomic E-state index is -0.636. The molecule has 7 nitrogen and oxygen atoms in total. The van der Waals surface area contributed by atoms with Crippen LogP contribution in [0.1, 0.15) is 13.8 Å². The molecule has 1 saturated heterocycles. The average molecular weight is 369 g/mol. The third-order valence-corrected chi connectivity index (χ3v) is 4.34. The van der Waals surface area contributed by atoms with Gasteiger partial charge in [0.15, 0.2) is 0 Å². The van der Waals surface area contributed by atoms with Crippen molar-refractivity contribution in [3.05, 3.63) is 23.2 Å². The van der Waals surface area contributed by atoms with E-state index in [9.17, 15) is 9.59 Å². The number of rotatable bonds is 6. The van der Waals surface area contributed by atoms with Crippen molar-refractivity contribution in [3.63, 3.8) is 0 Å². The van der Waals surface area contributed by atoms with E-state index >= 15 is 0 Å². The fourth-order valence-corrected chi connectivity index (χ4v) is 2.80. The summed E-state index contributed by atoms with van der Waals surface area (Å²) in [6, 6.07) is 4.71. The highest BCUT2D eigenvalue weighted by Crippen LogP contribution is 2.34. The molecule has 1 heterocycles. The molecular weight excluding hydrogens is 344 g/mol. The van der Waals surface area contributed by atoms with Crippen LogP contribution in [0.25, 0.3) is 0 Å². The van der Waals surface area contributed by atoms with E-state index < -0.39 is 6.04 Å². The van der Waals surface area contributed by atoms with Gasteiger partial charge in [0.1, 0.15) is 0 Å². The fraction of sp³-hybridized carbons (Fsp3) is 0.529. The van der Waals surface area contributed by atoms with Crippen molar-refractivity contribution < 1.29 is 14.3 Å². The van der Waals surface area contributed by atoms with Crippen LogP contribution in [0.15, 0.2) is 18.2 Å². The molecule has 4 N–H and O–H groups in total. The molecule has 1 aromatic carbocycles. The average Bonchev–Trinajstić information content (AvgIpc) is 2.59. The number of amides is 2. The lowest BCUT2D eigenvalue weighted by Gasteiger charge is -2.31. The van der Waals surface area contributed by atoms with Crippen LogP contribution in [-0.4, -0.2) is 50.7 Å². The van der Waals surface area contributed by atoms with Gasteiger partial charge in [-0.2, -0.15) is 0 Å². The summed E-state index contributed by atoms with van der Waals surface area (Å²) in [7, 11) is 0. The van der Waals surface area contributed by atoms with Gasteiger partial charge in [0.25, 0.3) is 0 Å². The molecule has 0 spiro atoms. The van der Waals surface area contributed by atoms with Crippen molar-refractivity contribution >= 4 is 34.8 Å². The van der Waals surface area contributed by atoms with Gasteiger partial charge in [-0.3, -0.25) is 9.59 Å². The first-order valence-corrected chi connectivity index (χ1v) is 8.72. The topological polar surface area (TPSA) is 96.7 Å². The Morgan fingerprint density at radius 3 is 2.64 bits per heavy atom. The van der Waals surface area contributed by atoms with Gasteiger partial charge in [0, 0.05) is 13.1 Å². The van der Waals surface area contributed by atoms with E-state index in [1.54, 1.807) is 18.2 Å². The Morgan fingerprint density at radius 2 is 2.00 bits per heavy atom. The maximum absolute atomic E-state index is 12.2. The van der Waals surface area contributed by atoms with Crippen LogP contribution < -0.4 is 21.3 Å². The Balaban J connectivity index is 2.01. The summed E-state index contributed by atoms with van der Waals surface area (Å²) in [5.74, 6) is -0.672. The second kappa shape index (κ2) is 9.03. The van der Waals surface area contributed by atoms with Crippen LogP contribution in [0.3, 0.4) is 0 Å². The molecule has 0 aromatic heterocycles. The molecule has 2 amide bonds. The standard InChI is InChI=1S/C17H25ClN4O3/c1-11(2)15(19)17(24)20-10-14(23)21-13-5-3-4-12(18)16(13)22-6-8-25-9-7-22/h3-5,11,15H,6-10,19H2,1-2H3,(H,20,24)(H,21,23)/t15-/m0/s1. The smallest absolute Gasteiger partial charge is 0.243 e. The SMILES string of the molecule is CC(C)[C@H](N)C(=O)NCC(=O)Nc1cccc(Cl)c1N1CCOCC1. The van der Waals surface area contributed by atoms with Crippen LogP contribution in [0.2, 0.25) is 5.02 Å². The number of para-hydroxylation sites is 1. The van der Waals surface area contributed by atoms with E-state index in [1.165, 1.54) is 0 Å². The molecule has 0 aliphatic carbocycles. The van der Waals surface area contributed by atoms with Gasteiger partial charge in [-0.15, -0.1) is 0 Å². The van der Waals surface area contributed by atoms with Gasteiger partial charge in [-0.25, -0.2) is 0 Å². The molecule has 1 atom stereocenters. The highest BCUT2D eigenvalue weighted by atomic mass is 35.5. The molecular formula is C17H25ClN4O3. The Kier molecular flexibility index (Phi) is 7.04. The largest absolute Gasteiger partial charge is 0.378 e. The van der Waals surface area contributed by atoms with Crippen molar-refractivity contribution in [2.24, 2.45) is 11.7 Å². The number of nitrogens with one attached hydrogen (secondary N) is 2. The maximum atomic E-state index is 12.2. The molecule has 0 bridgehead atoms. The number of benzene rings is 1. The molecule has 8 heteroatoms. The van der Waals surface area contributed by atoms with Crippen LogP contribution in [-0.2, 0) is 14.3 Å². The van der Waals surface area contributed by atoms with Crippen LogP contribution in [0.5, 0.6) is 0 Å². The maximum Gasteiger partial charge on any atom is 0.243 e. The zero-order valence-electron chi connectivity index (χ0n) is 14.5. The minimum Gasteiger partial charge on any atom is -0.378 e. The lowest BCUT2D eigenvalue weighted by Crippen LogP contribution is -2.46. The molecule has 1 aliphatic rings. The molecule has 1 aromatic rings. The summed E-state index contributed by atoms with van der Waals surface area (Å²) >= 11 is 6.33.